The normalized spacial score (nSPS) is 16.4. The van der Waals surface area contributed by atoms with E-state index in [0.29, 0.717) is 13.1 Å². The summed E-state index contributed by atoms with van der Waals surface area (Å²) < 4.78 is 1.00. The lowest BCUT2D eigenvalue weighted by Gasteiger charge is -2.35. The highest BCUT2D eigenvalue weighted by molar-refractivity contribution is 9.10. The van der Waals surface area contributed by atoms with Crippen LogP contribution in [0.25, 0.3) is 10.9 Å². The van der Waals surface area contributed by atoms with Gasteiger partial charge in [-0.25, -0.2) is 14.8 Å². The van der Waals surface area contributed by atoms with Crippen molar-refractivity contribution in [1.29, 1.82) is 0 Å². The molecule has 24 heavy (non-hydrogen) atoms. The number of hydrogen-bond donors (Lipinski definition) is 0. The van der Waals surface area contributed by atoms with Gasteiger partial charge in [0, 0.05) is 22.9 Å². The molecular formula is C17H21BrN4O2. The molecule has 0 unspecified atom stereocenters. The first-order valence-corrected chi connectivity index (χ1v) is 8.76. The molecule has 1 aliphatic heterocycles. The third-order valence-electron chi connectivity index (χ3n) is 3.94. The number of benzene rings is 1. The summed E-state index contributed by atoms with van der Waals surface area (Å²) in [7, 11) is 0. The lowest BCUT2D eigenvalue weighted by Crippen LogP contribution is -2.48. The number of nitrogens with zero attached hydrogens (tertiary/aromatic N) is 4. The van der Waals surface area contributed by atoms with Crippen molar-refractivity contribution in [3.63, 3.8) is 0 Å². The molecule has 1 aromatic carbocycles. The van der Waals surface area contributed by atoms with E-state index in [0.717, 1.165) is 34.3 Å². The van der Waals surface area contributed by atoms with E-state index in [-0.39, 0.29) is 5.97 Å². The zero-order chi connectivity index (χ0) is 17.3. The van der Waals surface area contributed by atoms with Gasteiger partial charge in [0.25, 0.3) is 0 Å². The molecule has 0 N–H and O–H groups in total. The molecule has 1 fully saturated rings. The zero-order valence-corrected chi connectivity index (χ0v) is 15.7. The average molecular weight is 393 g/mol. The third kappa shape index (κ3) is 3.67. The van der Waals surface area contributed by atoms with E-state index in [9.17, 15) is 4.79 Å². The van der Waals surface area contributed by atoms with E-state index in [1.807, 2.05) is 39.0 Å². The van der Waals surface area contributed by atoms with Gasteiger partial charge in [0.05, 0.1) is 24.0 Å². The summed E-state index contributed by atoms with van der Waals surface area (Å²) in [5.41, 5.74) is 0.427. The van der Waals surface area contributed by atoms with Gasteiger partial charge in [-0.2, -0.15) is 0 Å². The van der Waals surface area contributed by atoms with Crippen LogP contribution in [0, 0.1) is 5.41 Å². The van der Waals surface area contributed by atoms with Crippen molar-refractivity contribution in [3.05, 3.63) is 29.0 Å². The van der Waals surface area contributed by atoms with E-state index in [1.54, 1.807) is 11.4 Å². The number of fused-ring (bicyclic) bond motifs is 1. The highest BCUT2D eigenvalue weighted by atomic mass is 79.9. The fourth-order valence-corrected chi connectivity index (χ4v) is 2.87. The molecule has 1 saturated heterocycles. The van der Waals surface area contributed by atoms with Crippen LogP contribution in [0.5, 0.6) is 0 Å². The zero-order valence-electron chi connectivity index (χ0n) is 14.1. The summed E-state index contributed by atoms with van der Waals surface area (Å²) in [5, 5.41) is 2.76. The average Bonchev–Trinajstić information content (AvgIpc) is 2.54. The van der Waals surface area contributed by atoms with Crippen molar-refractivity contribution in [3.8, 4) is 0 Å². The molecule has 1 aromatic heterocycles. The lowest BCUT2D eigenvalue weighted by atomic mass is 9.98. The van der Waals surface area contributed by atoms with Crippen molar-refractivity contribution in [2.45, 2.75) is 20.8 Å². The Labute approximate surface area is 149 Å². The Kier molecular flexibility index (Phi) is 4.73. The molecule has 1 aliphatic rings. The van der Waals surface area contributed by atoms with Crippen molar-refractivity contribution in [2.75, 3.05) is 31.1 Å². The highest BCUT2D eigenvalue weighted by Crippen LogP contribution is 2.27. The van der Waals surface area contributed by atoms with E-state index >= 15 is 0 Å². The predicted octanol–water partition coefficient (Wildman–Crippen LogP) is 3.02. The van der Waals surface area contributed by atoms with Gasteiger partial charge in [0.15, 0.2) is 0 Å². The second kappa shape index (κ2) is 6.64. The quantitative estimate of drug-likeness (QED) is 0.782. The number of carbonyl (C=O) groups excluding carboxylic acids is 1. The molecule has 128 valence electrons. The van der Waals surface area contributed by atoms with Crippen LogP contribution in [0.1, 0.15) is 20.8 Å². The minimum absolute atomic E-state index is 0.202. The molecule has 0 radical (unpaired) electrons. The van der Waals surface area contributed by atoms with Crippen LogP contribution in [0.3, 0.4) is 0 Å². The smallest absolute Gasteiger partial charge is 0.330 e. The van der Waals surface area contributed by atoms with Gasteiger partial charge in [-0.05, 0) is 39.0 Å². The van der Waals surface area contributed by atoms with Crippen LogP contribution in [0.2, 0.25) is 0 Å². The number of aromatic nitrogens is 2. The molecule has 0 spiro atoms. The number of halogens is 1. The summed E-state index contributed by atoms with van der Waals surface area (Å²) in [6.45, 7) is 8.37. The Morgan fingerprint density at radius 2 is 1.88 bits per heavy atom. The molecule has 2 aromatic rings. The van der Waals surface area contributed by atoms with E-state index in [2.05, 4.69) is 30.8 Å². The summed E-state index contributed by atoms with van der Waals surface area (Å²) in [4.78, 5) is 28.5. The first-order valence-electron chi connectivity index (χ1n) is 7.97. The van der Waals surface area contributed by atoms with Gasteiger partial charge >= 0.3 is 5.97 Å². The molecule has 0 saturated carbocycles. The van der Waals surface area contributed by atoms with E-state index < -0.39 is 5.41 Å². The molecule has 0 aliphatic carbocycles. The second-order valence-electron chi connectivity index (χ2n) is 6.90. The molecule has 0 bridgehead atoms. The van der Waals surface area contributed by atoms with Gasteiger partial charge in [-0.1, -0.05) is 15.9 Å². The summed E-state index contributed by atoms with van der Waals surface area (Å²) >= 11 is 3.51. The van der Waals surface area contributed by atoms with Gasteiger partial charge in [0.2, 0.25) is 0 Å². The van der Waals surface area contributed by atoms with Crippen LogP contribution in [-0.2, 0) is 9.63 Å². The minimum Gasteiger partial charge on any atom is -0.367 e. The Balaban J connectivity index is 1.71. The fraction of sp³-hybridized carbons (Fsp3) is 0.471. The lowest BCUT2D eigenvalue weighted by molar-refractivity contribution is -0.201. The molecule has 2 heterocycles. The Morgan fingerprint density at radius 3 is 2.54 bits per heavy atom. The molecule has 6 nitrogen and oxygen atoms in total. The first-order chi connectivity index (χ1) is 11.3. The number of carbonyl (C=O) groups is 1. The molecular weight excluding hydrogens is 372 g/mol. The SMILES string of the molecule is CC(C)(C)C(=O)ON1CCN(c2ncnc3ccc(Br)cc23)CC1. The number of hydroxylamine groups is 2. The summed E-state index contributed by atoms with van der Waals surface area (Å²) in [6.07, 6.45) is 1.59. The molecule has 0 atom stereocenters. The van der Waals surface area contributed by atoms with Gasteiger partial charge < -0.3 is 9.74 Å². The predicted molar refractivity (Wildman–Crippen MR) is 96.6 cm³/mol. The van der Waals surface area contributed by atoms with Crippen molar-refractivity contribution in [1.82, 2.24) is 15.0 Å². The van der Waals surface area contributed by atoms with Crippen LogP contribution in [0.4, 0.5) is 5.82 Å². The topological polar surface area (TPSA) is 58.6 Å². The third-order valence-corrected chi connectivity index (χ3v) is 4.43. The summed E-state index contributed by atoms with van der Waals surface area (Å²) in [6, 6.07) is 5.99. The van der Waals surface area contributed by atoms with Crippen LogP contribution in [0.15, 0.2) is 29.0 Å². The maximum atomic E-state index is 12.0. The van der Waals surface area contributed by atoms with Crippen molar-refractivity contribution in [2.24, 2.45) is 5.41 Å². The van der Waals surface area contributed by atoms with Crippen molar-refractivity contribution < 1.29 is 9.63 Å². The minimum atomic E-state index is -0.494. The summed E-state index contributed by atoms with van der Waals surface area (Å²) in [5.74, 6) is 0.718. The van der Waals surface area contributed by atoms with Crippen molar-refractivity contribution >= 4 is 38.6 Å². The Morgan fingerprint density at radius 1 is 1.17 bits per heavy atom. The molecule has 7 heteroatoms. The van der Waals surface area contributed by atoms with E-state index in [1.165, 1.54) is 0 Å². The number of rotatable bonds is 2. The largest absolute Gasteiger partial charge is 0.367 e. The maximum Gasteiger partial charge on any atom is 0.330 e. The standard InChI is InChI=1S/C17H21BrN4O2/c1-17(2,3)16(23)24-22-8-6-21(7-9-22)15-13-10-12(18)4-5-14(13)19-11-20-15/h4-5,10-11H,6-9H2,1-3H3. The van der Waals surface area contributed by atoms with Crippen LogP contribution in [-0.4, -0.2) is 47.2 Å². The van der Waals surface area contributed by atoms with Gasteiger partial charge in [0.1, 0.15) is 12.1 Å². The Bertz CT molecular complexity index is 752. The number of hydrogen-bond acceptors (Lipinski definition) is 6. The van der Waals surface area contributed by atoms with Gasteiger partial charge in [-0.3, -0.25) is 0 Å². The second-order valence-corrected chi connectivity index (χ2v) is 7.82. The van der Waals surface area contributed by atoms with Crippen LogP contribution < -0.4 is 4.90 Å². The Hall–Kier alpha value is -1.73. The first kappa shape index (κ1) is 17.1. The van der Waals surface area contributed by atoms with E-state index in [4.69, 9.17) is 4.84 Å². The number of piperazine rings is 1. The maximum absolute atomic E-state index is 12.0. The van der Waals surface area contributed by atoms with Gasteiger partial charge in [-0.15, -0.1) is 5.06 Å². The highest BCUT2D eigenvalue weighted by Gasteiger charge is 2.28. The monoisotopic (exact) mass is 392 g/mol. The fourth-order valence-electron chi connectivity index (χ4n) is 2.51. The molecule has 0 amide bonds. The van der Waals surface area contributed by atoms with Crippen LogP contribution >= 0.6 is 15.9 Å². The molecule has 3 rings (SSSR count). The number of anilines is 1.